The lowest BCUT2D eigenvalue weighted by molar-refractivity contribution is -0.155. The van der Waals surface area contributed by atoms with Crippen LogP contribution >= 0.6 is 0 Å². The highest BCUT2D eigenvalue weighted by Crippen LogP contribution is 2.39. The maximum absolute atomic E-state index is 11.6. The molecule has 0 amide bonds. The number of hydrogen-bond donors (Lipinski definition) is 0. The number of carbonyl (C=O) groups is 2. The molecule has 4 atom stereocenters. The molecule has 0 radical (unpaired) electrons. The lowest BCUT2D eigenvalue weighted by Gasteiger charge is -2.29. The number of hydrogen-bond acceptors (Lipinski definition) is 4. The van der Waals surface area contributed by atoms with Gasteiger partial charge in [-0.3, -0.25) is 9.59 Å². The van der Waals surface area contributed by atoms with Crippen LogP contribution in [0, 0.1) is 23.7 Å². The molecule has 0 aromatic heterocycles. The first-order chi connectivity index (χ1) is 7.15. The maximum Gasteiger partial charge on any atom is 0.310 e. The molecular formula is C11H14O4. The molecular weight excluding hydrogens is 196 g/mol. The molecule has 15 heavy (non-hydrogen) atoms. The Morgan fingerprint density at radius 2 is 2.27 bits per heavy atom. The maximum atomic E-state index is 11.6. The Hall–Kier alpha value is -1.32. The van der Waals surface area contributed by atoms with E-state index < -0.39 is 0 Å². The van der Waals surface area contributed by atoms with Crippen molar-refractivity contribution >= 4 is 11.9 Å². The first kappa shape index (κ1) is 10.2. The Bertz CT molecular complexity index is 321. The molecule has 0 bridgehead atoms. The third-order valence-corrected chi connectivity index (χ3v) is 3.24. The van der Waals surface area contributed by atoms with Crippen LogP contribution in [-0.2, 0) is 19.1 Å². The largest absolute Gasteiger partial charge is 0.469 e. The summed E-state index contributed by atoms with van der Waals surface area (Å²) in [5.41, 5.74) is 0. The molecule has 1 fully saturated rings. The highest BCUT2D eigenvalue weighted by Gasteiger charge is 2.48. The van der Waals surface area contributed by atoms with Gasteiger partial charge in [0.15, 0.2) is 0 Å². The Morgan fingerprint density at radius 3 is 2.93 bits per heavy atom. The quantitative estimate of drug-likeness (QED) is 0.474. The third kappa shape index (κ3) is 1.54. The molecule has 2 aliphatic rings. The van der Waals surface area contributed by atoms with Crippen LogP contribution in [-0.4, -0.2) is 25.7 Å². The fourth-order valence-corrected chi connectivity index (χ4v) is 2.40. The zero-order valence-electron chi connectivity index (χ0n) is 8.80. The second kappa shape index (κ2) is 3.68. The van der Waals surface area contributed by atoms with E-state index in [0.29, 0.717) is 6.61 Å². The Labute approximate surface area is 88.2 Å². The molecule has 0 saturated carbocycles. The summed E-state index contributed by atoms with van der Waals surface area (Å²) >= 11 is 0. The van der Waals surface area contributed by atoms with Crippen molar-refractivity contribution in [3.8, 4) is 0 Å². The highest BCUT2D eigenvalue weighted by atomic mass is 16.5. The molecule has 0 unspecified atom stereocenters. The summed E-state index contributed by atoms with van der Waals surface area (Å²) in [6, 6.07) is 0. The summed E-state index contributed by atoms with van der Waals surface area (Å²) in [7, 11) is 1.35. The minimum absolute atomic E-state index is 0.0318. The van der Waals surface area contributed by atoms with Crippen LogP contribution in [0.3, 0.4) is 0 Å². The zero-order valence-corrected chi connectivity index (χ0v) is 8.80. The van der Waals surface area contributed by atoms with Gasteiger partial charge in [0.2, 0.25) is 0 Å². The lowest BCUT2D eigenvalue weighted by Crippen LogP contribution is -2.38. The number of esters is 2. The van der Waals surface area contributed by atoms with Gasteiger partial charge in [0, 0.05) is 5.92 Å². The van der Waals surface area contributed by atoms with Gasteiger partial charge < -0.3 is 9.47 Å². The number of methoxy groups -OCH3 is 1. The SMILES string of the molecule is COC(=O)[C@H]1[C@H]2C(=O)OC[C@H]2C=C[C@@H]1C. The number of cyclic esters (lactones) is 1. The molecule has 0 aromatic rings. The number of rotatable bonds is 1. The van der Waals surface area contributed by atoms with Gasteiger partial charge in [-0.15, -0.1) is 0 Å². The second-order valence-electron chi connectivity index (χ2n) is 4.11. The van der Waals surface area contributed by atoms with Gasteiger partial charge in [0.25, 0.3) is 0 Å². The van der Waals surface area contributed by atoms with E-state index in [4.69, 9.17) is 9.47 Å². The van der Waals surface area contributed by atoms with Gasteiger partial charge in [-0.25, -0.2) is 0 Å². The Kier molecular flexibility index (Phi) is 2.50. The smallest absolute Gasteiger partial charge is 0.310 e. The summed E-state index contributed by atoms with van der Waals surface area (Å²) in [4.78, 5) is 23.1. The molecule has 1 heterocycles. The van der Waals surface area contributed by atoms with Gasteiger partial charge >= 0.3 is 11.9 Å². The van der Waals surface area contributed by atoms with E-state index in [1.54, 1.807) is 0 Å². The van der Waals surface area contributed by atoms with E-state index in [-0.39, 0.29) is 35.6 Å². The summed E-state index contributed by atoms with van der Waals surface area (Å²) in [6.07, 6.45) is 3.93. The number of ether oxygens (including phenoxy) is 2. The van der Waals surface area contributed by atoms with Gasteiger partial charge in [0.1, 0.15) is 0 Å². The van der Waals surface area contributed by atoms with Gasteiger partial charge in [-0.05, 0) is 5.92 Å². The van der Waals surface area contributed by atoms with Crippen LogP contribution in [0.1, 0.15) is 6.92 Å². The van der Waals surface area contributed by atoms with E-state index in [2.05, 4.69) is 0 Å². The molecule has 0 N–H and O–H groups in total. The van der Waals surface area contributed by atoms with Gasteiger partial charge in [-0.2, -0.15) is 0 Å². The average molecular weight is 210 g/mol. The van der Waals surface area contributed by atoms with Gasteiger partial charge in [0.05, 0.1) is 25.6 Å². The molecule has 1 saturated heterocycles. The average Bonchev–Trinajstić information content (AvgIpc) is 2.60. The molecule has 82 valence electrons. The summed E-state index contributed by atoms with van der Waals surface area (Å²) in [6.45, 7) is 2.31. The molecule has 1 aliphatic carbocycles. The van der Waals surface area contributed by atoms with Crippen molar-refractivity contribution in [2.45, 2.75) is 6.92 Å². The standard InChI is InChI=1S/C11H14O4/c1-6-3-4-7-5-15-11(13)9(7)8(6)10(12)14-2/h3-4,6-9H,5H2,1-2H3/t6-,7+,8+,9-/m0/s1. The Balaban J connectivity index is 2.30. The van der Waals surface area contributed by atoms with E-state index in [1.165, 1.54) is 7.11 Å². The normalized spacial score (nSPS) is 38.4. The molecule has 1 aliphatic heterocycles. The van der Waals surface area contributed by atoms with Crippen molar-refractivity contribution in [3.63, 3.8) is 0 Å². The third-order valence-electron chi connectivity index (χ3n) is 3.24. The minimum Gasteiger partial charge on any atom is -0.469 e. The Morgan fingerprint density at radius 1 is 1.53 bits per heavy atom. The summed E-state index contributed by atoms with van der Waals surface area (Å²) in [5.74, 6) is -1.26. The van der Waals surface area contributed by atoms with Crippen molar-refractivity contribution in [3.05, 3.63) is 12.2 Å². The fourth-order valence-electron chi connectivity index (χ4n) is 2.40. The van der Waals surface area contributed by atoms with Crippen molar-refractivity contribution in [2.75, 3.05) is 13.7 Å². The fraction of sp³-hybridized carbons (Fsp3) is 0.636. The van der Waals surface area contributed by atoms with Crippen LogP contribution in [0.2, 0.25) is 0 Å². The highest BCUT2D eigenvalue weighted by molar-refractivity contribution is 5.84. The molecule has 4 nitrogen and oxygen atoms in total. The second-order valence-corrected chi connectivity index (χ2v) is 4.11. The first-order valence-corrected chi connectivity index (χ1v) is 5.08. The van der Waals surface area contributed by atoms with Crippen LogP contribution < -0.4 is 0 Å². The number of fused-ring (bicyclic) bond motifs is 1. The summed E-state index contributed by atoms with van der Waals surface area (Å²) in [5, 5.41) is 0. The van der Waals surface area contributed by atoms with Crippen LogP contribution in [0.5, 0.6) is 0 Å². The van der Waals surface area contributed by atoms with Crippen LogP contribution in [0.15, 0.2) is 12.2 Å². The first-order valence-electron chi connectivity index (χ1n) is 5.08. The van der Waals surface area contributed by atoms with Crippen molar-refractivity contribution < 1.29 is 19.1 Å². The number of carbonyl (C=O) groups excluding carboxylic acids is 2. The van der Waals surface area contributed by atoms with Crippen molar-refractivity contribution in [2.24, 2.45) is 23.7 Å². The molecule has 4 heteroatoms. The lowest BCUT2D eigenvalue weighted by atomic mass is 9.72. The molecule has 0 aromatic carbocycles. The van der Waals surface area contributed by atoms with Crippen LogP contribution in [0.4, 0.5) is 0 Å². The van der Waals surface area contributed by atoms with Gasteiger partial charge in [-0.1, -0.05) is 19.1 Å². The summed E-state index contributed by atoms with van der Waals surface area (Å²) < 4.78 is 9.71. The molecule has 2 rings (SSSR count). The van der Waals surface area contributed by atoms with Crippen molar-refractivity contribution in [1.29, 1.82) is 0 Å². The van der Waals surface area contributed by atoms with E-state index >= 15 is 0 Å². The topological polar surface area (TPSA) is 52.6 Å². The molecule has 0 spiro atoms. The predicted octanol–water partition coefficient (Wildman–Crippen LogP) is 0.771. The van der Waals surface area contributed by atoms with Crippen LogP contribution in [0.25, 0.3) is 0 Å². The van der Waals surface area contributed by atoms with E-state index in [1.807, 2.05) is 19.1 Å². The van der Waals surface area contributed by atoms with Crippen molar-refractivity contribution in [1.82, 2.24) is 0 Å². The van der Waals surface area contributed by atoms with E-state index in [9.17, 15) is 9.59 Å². The zero-order chi connectivity index (χ0) is 11.0. The minimum atomic E-state index is -0.389. The monoisotopic (exact) mass is 210 g/mol. The predicted molar refractivity (Wildman–Crippen MR) is 51.7 cm³/mol. The van der Waals surface area contributed by atoms with E-state index in [0.717, 1.165) is 0 Å². The number of allylic oxidation sites excluding steroid dienone is 1.